The van der Waals surface area contributed by atoms with Crippen molar-refractivity contribution >= 4 is 28.9 Å². The van der Waals surface area contributed by atoms with Crippen LogP contribution in [0.25, 0.3) is 0 Å². The van der Waals surface area contributed by atoms with Crippen LogP contribution in [0.5, 0.6) is 0 Å². The number of hydrogen-bond donors (Lipinski definition) is 0. The molecule has 0 unspecified atom stereocenters. The van der Waals surface area contributed by atoms with Gasteiger partial charge in [-0.15, -0.1) is 11.3 Å². The number of rotatable bonds is 3. The molecular formula is C8H7ClF2O2S. The second kappa shape index (κ2) is 4.23. The molecule has 0 atom stereocenters. The van der Waals surface area contributed by atoms with Crippen molar-refractivity contribution in [2.45, 2.75) is 12.8 Å². The molecule has 0 radical (unpaired) electrons. The summed E-state index contributed by atoms with van der Waals surface area (Å²) in [5, 5.41) is 0. The van der Waals surface area contributed by atoms with Gasteiger partial charge in [0, 0.05) is 0 Å². The topological polar surface area (TPSA) is 26.3 Å². The van der Waals surface area contributed by atoms with E-state index in [9.17, 15) is 13.6 Å². The van der Waals surface area contributed by atoms with Gasteiger partial charge in [0.25, 0.3) is 0 Å². The molecule has 0 spiro atoms. The summed E-state index contributed by atoms with van der Waals surface area (Å²) in [5.41, 5.74) is 0. The Balaban J connectivity index is 2.89. The fourth-order valence-corrected chi connectivity index (χ4v) is 1.81. The molecule has 0 fully saturated rings. The van der Waals surface area contributed by atoms with Crippen molar-refractivity contribution in [1.82, 2.24) is 0 Å². The Morgan fingerprint density at radius 1 is 1.64 bits per heavy atom. The lowest BCUT2D eigenvalue weighted by Crippen LogP contribution is -2.27. The average molecular weight is 241 g/mol. The zero-order valence-corrected chi connectivity index (χ0v) is 8.79. The first-order valence-electron chi connectivity index (χ1n) is 3.79. The van der Waals surface area contributed by atoms with E-state index in [4.69, 9.17) is 11.6 Å². The van der Waals surface area contributed by atoms with Crippen LogP contribution in [0.4, 0.5) is 8.78 Å². The summed E-state index contributed by atoms with van der Waals surface area (Å²) in [4.78, 5) is 10.5. The summed E-state index contributed by atoms with van der Waals surface area (Å²) >= 11 is 6.14. The third-order valence-corrected chi connectivity index (χ3v) is 2.72. The molecule has 1 aromatic rings. The van der Waals surface area contributed by atoms with Gasteiger partial charge in [0.1, 0.15) is 0 Å². The summed E-state index contributed by atoms with van der Waals surface area (Å²) in [6, 6.07) is 2.43. The summed E-state index contributed by atoms with van der Waals surface area (Å²) in [5.74, 6) is -5.15. The van der Waals surface area contributed by atoms with Gasteiger partial charge < -0.3 is 4.74 Å². The fourth-order valence-electron chi connectivity index (χ4n) is 0.805. The van der Waals surface area contributed by atoms with Gasteiger partial charge in [0.15, 0.2) is 0 Å². The largest absolute Gasteiger partial charge is 0.461 e. The van der Waals surface area contributed by atoms with Gasteiger partial charge in [-0.1, -0.05) is 11.6 Å². The summed E-state index contributed by atoms with van der Waals surface area (Å²) in [6.45, 7) is 1.39. The third-order valence-electron chi connectivity index (χ3n) is 1.41. The van der Waals surface area contributed by atoms with E-state index in [0.29, 0.717) is 11.3 Å². The quantitative estimate of drug-likeness (QED) is 0.759. The van der Waals surface area contributed by atoms with E-state index in [1.165, 1.54) is 13.0 Å². The van der Waals surface area contributed by atoms with Crippen LogP contribution >= 0.6 is 22.9 Å². The maximum atomic E-state index is 13.2. The van der Waals surface area contributed by atoms with Gasteiger partial charge in [0.05, 0.1) is 15.8 Å². The molecule has 1 aromatic heterocycles. The van der Waals surface area contributed by atoms with Crippen LogP contribution in [0, 0.1) is 0 Å². The molecule has 0 N–H and O–H groups in total. The highest BCUT2D eigenvalue weighted by Crippen LogP contribution is 2.36. The van der Waals surface area contributed by atoms with E-state index >= 15 is 0 Å². The average Bonchev–Trinajstić information content (AvgIpc) is 2.52. The molecule has 1 rings (SSSR count). The van der Waals surface area contributed by atoms with Gasteiger partial charge in [-0.25, -0.2) is 4.79 Å². The molecule has 0 aromatic carbocycles. The maximum absolute atomic E-state index is 13.2. The van der Waals surface area contributed by atoms with Crippen LogP contribution in [-0.4, -0.2) is 12.6 Å². The Hall–Kier alpha value is -0.680. The molecule has 0 aliphatic heterocycles. The molecule has 0 saturated carbocycles. The number of esters is 1. The van der Waals surface area contributed by atoms with Crippen molar-refractivity contribution in [2.75, 3.05) is 6.61 Å². The predicted octanol–water partition coefficient (Wildman–Crippen LogP) is 3.06. The standard InChI is InChI=1S/C8H7ClF2O2S/c1-2-13-7(12)8(10,11)5-3-4-6(9)14-5/h3-4H,2H2,1H3. The SMILES string of the molecule is CCOC(=O)C(F)(F)c1ccc(Cl)s1. The van der Waals surface area contributed by atoms with Crippen molar-refractivity contribution in [3.05, 3.63) is 21.3 Å². The van der Waals surface area contributed by atoms with Gasteiger partial charge in [-0.3, -0.25) is 0 Å². The maximum Gasteiger partial charge on any atom is 0.382 e. The summed E-state index contributed by atoms with van der Waals surface area (Å²) in [6.07, 6.45) is 0. The van der Waals surface area contributed by atoms with Crippen LogP contribution in [0.3, 0.4) is 0 Å². The number of alkyl halides is 2. The number of thiophene rings is 1. The zero-order chi connectivity index (χ0) is 10.8. The molecular weight excluding hydrogens is 234 g/mol. The Morgan fingerprint density at radius 2 is 2.29 bits per heavy atom. The van der Waals surface area contributed by atoms with Crippen molar-refractivity contribution < 1.29 is 18.3 Å². The van der Waals surface area contributed by atoms with E-state index in [0.717, 1.165) is 6.07 Å². The number of carbonyl (C=O) groups excluding carboxylic acids is 1. The Morgan fingerprint density at radius 3 is 2.71 bits per heavy atom. The lowest BCUT2D eigenvalue weighted by atomic mass is 10.3. The van der Waals surface area contributed by atoms with Crippen LogP contribution in [0.2, 0.25) is 4.34 Å². The van der Waals surface area contributed by atoms with Crippen LogP contribution in [0.1, 0.15) is 11.8 Å². The van der Waals surface area contributed by atoms with Crippen LogP contribution in [-0.2, 0) is 15.5 Å². The molecule has 0 aliphatic rings. The highest BCUT2D eigenvalue weighted by atomic mass is 35.5. The van der Waals surface area contributed by atoms with E-state index < -0.39 is 16.8 Å². The molecule has 0 aliphatic carbocycles. The Bertz CT molecular complexity index is 338. The first kappa shape index (κ1) is 11.4. The lowest BCUT2D eigenvalue weighted by molar-refractivity contribution is -0.172. The minimum atomic E-state index is -3.60. The number of carbonyl (C=O) groups is 1. The van der Waals surface area contributed by atoms with E-state index in [1.807, 2.05) is 0 Å². The highest BCUT2D eigenvalue weighted by Gasteiger charge is 2.44. The highest BCUT2D eigenvalue weighted by molar-refractivity contribution is 7.16. The molecule has 0 amide bonds. The third kappa shape index (κ3) is 2.22. The molecule has 1 heterocycles. The van der Waals surface area contributed by atoms with Crippen molar-refractivity contribution in [3.8, 4) is 0 Å². The predicted molar refractivity (Wildman–Crippen MR) is 49.9 cm³/mol. The van der Waals surface area contributed by atoms with Crippen molar-refractivity contribution in [3.63, 3.8) is 0 Å². The second-order valence-electron chi connectivity index (χ2n) is 2.40. The summed E-state index contributed by atoms with van der Waals surface area (Å²) < 4.78 is 30.9. The Labute approximate surface area is 88.4 Å². The van der Waals surface area contributed by atoms with E-state index in [1.54, 1.807) is 0 Å². The number of hydrogen-bond acceptors (Lipinski definition) is 3. The van der Waals surface area contributed by atoms with Crippen LogP contribution < -0.4 is 0 Å². The normalized spacial score (nSPS) is 11.4. The van der Waals surface area contributed by atoms with Crippen LogP contribution in [0.15, 0.2) is 12.1 Å². The minimum Gasteiger partial charge on any atom is -0.461 e. The fraction of sp³-hybridized carbons (Fsp3) is 0.375. The molecule has 0 saturated heterocycles. The molecule has 14 heavy (non-hydrogen) atoms. The zero-order valence-electron chi connectivity index (χ0n) is 7.22. The Kier molecular flexibility index (Phi) is 3.44. The smallest absolute Gasteiger partial charge is 0.382 e. The number of ether oxygens (including phenoxy) is 1. The van der Waals surface area contributed by atoms with E-state index in [2.05, 4.69) is 4.74 Å². The number of halogens is 3. The summed E-state index contributed by atoms with van der Waals surface area (Å²) in [7, 11) is 0. The molecule has 0 bridgehead atoms. The first-order chi connectivity index (χ1) is 6.48. The molecule has 6 heteroatoms. The minimum absolute atomic E-state index is 0.0759. The van der Waals surface area contributed by atoms with E-state index in [-0.39, 0.29) is 10.9 Å². The molecule has 78 valence electrons. The van der Waals surface area contributed by atoms with Gasteiger partial charge in [0.2, 0.25) is 0 Å². The first-order valence-corrected chi connectivity index (χ1v) is 4.98. The van der Waals surface area contributed by atoms with Crippen molar-refractivity contribution in [1.29, 1.82) is 0 Å². The molecule has 2 nitrogen and oxygen atoms in total. The van der Waals surface area contributed by atoms with Gasteiger partial charge in [-0.05, 0) is 19.1 Å². The van der Waals surface area contributed by atoms with Gasteiger partial charge >= 0.3 is 11.9 Å². The van der Waals surface area contributed by atoms with Gasteiger partial charge in [-0.2, -0.15) is 8.78 Å². The lowest BCUT2D eigenvalue weighted by Gasteiger charge is -2.11. The monoisotopic (exact) mass is 240 g/mol. The van der Waals surface area contributed by atoms with Crippen molar-refractivity contribution in [2.24, 2.45) is 0 Å². The second-order valence-corrected chi connectivity index (χ2v) is 4.11.